The average molecular weight is 345 g/mol. The van der Waals surface area contributed by atoms with Crippen LogP contribution in [0.1, 0.15) is 52.8 Å². The Hall–Kier alpha value is -1.66. The highest BCUT2D eigenvalue weighted by Crippen LogP contribution is 2.44. The van der Waals surface area contributed by atoms with Gasteiger partial charge in [0, 0.05) is 23.7 Å². The van der Waals surface area contributed by atoms with Gasteiger partial charge in [-0.05, 0) is 48.8 Å². The fraction of sp³-hybridized carbons (Fsp3) is 0.556. The molecule has 1 amide bonds. The van der Waals surface area contributed by atoms with E-state index in [1.165, 1.54) is 10.4 Å². The number of ether oxygens (including phenoxy) is 1. The molecular formula is C18H23N3O2S. The Kier molecular flexibility index (Phi) is 4.18. The number of carbonyl (C=O) groups is 1. The molecule has 5 nitrogen and oxygen atoms in total. The Bertz CT molecular complexity index is 728. The number of H-pyrrole nitrogens is 1. The van der Waals surface area contributed by atoms with Gasteiger partial charge in [-0.25, -0.2) is 0 Å². The molecule has 2 aromatic rings. The van der Waals surface area contributed by atoms with Crippen LogP contribution < -0.4 is 0 Å². The lowest BCUT2D eigenvalue weighted by atomic mass is 9.85. The summed E-state index contributed by atoms with van der Waals surface area (Å²) >= 11 is 1.80. The molecule has 0 aliphatic carbocycles. The average Bonchev–Trinajstić information content (AvgIpc) is 3.25. The highest BCUT2D eigenvalue weighted by molar-refractivity contribution is 7.10. The summed E-state index contributed by atoms with van der Waals surface area (Å²) in [5.74, 6) is 0.0330. The van der Waals surface area contributed by atoms with Gasteiger partial charge in [0.05, 0.1) is 6.61 Å². The molecule has 128 valence electrons. The quantitative estimate of drug-likeness (QED) is 0.930. The van der Waals surface area contributed by atoms with E-state index in [1.807, 2.05) is 11.0 Å². The summed E-state index contributed by atoms with van der Waals surface area (Å²) < 4.78 is 6.21. The number of nitrogens with zero attached hydrogens (tertiary/aromatic N) is 2. The second-order valence-electron chi connectivity index (χ2n) is 6.69. The second kappa shape index (κ2) is 6.33. The first-order valence-corrected chi connectivity index (χ1v) is 9.64. The standard InChI is InChI=1S/C18H23N3O2S/c1-2-3-14-12-15(20-19-14)17(22)21-8-6-18(7-9-21)16-13(4-10-23-18)5-11-24-16/h5,11-12H,2-4,6-10H2,1H3,(H,19,20). The van der Waals surface area contributed by atoms with Crippen molar-refractivity contribution >= 4 is 17.2 Å². The van der Waals surface area contributed by atoms with E-state index in [9.17, 15) is 4.79 Å². The van der Waals surface area contributed by atoms with E-state index in [4.69, 9.17) is 4.74 Å². The van der Waals surface area contributed by atoms with Crippen LogP contribution in [0.25, 0.3) is 0 Å². The molecule has 0 radical (unpaired) electrons. The summed E-state index contributed by atoms with van der Waals surface area (Å²) in [6.45, 7) is 4.37. The smallest absolute Gasteiger partial charge is 0.274 e. The number of carbonyl (C=O) groups excluding carboxylic acids is 1. The molecule has 1 saturated heterocycles. The van der Waals surface area contributed by atoms with Gasteiger partial charge >= 0.3 is 0 Å². The largest absolute Gasteiger partial charge is 0.369 e. The molecule has 1 fully saturated rings. The zero-order valence-electron chi connectivity index (χ0n) is 14.0. The first-order valence-electron chi connectivity index (χ1n) is 8.76. The van der Waals surface area contributed by atoms with Crippen LogP contribution in [0.5, 0.6) is 0 Å². The molecule has 1 spiro atoms. The lowest BCUT2D eigenvalue weighted by molar-refractivity contribution is -0.0906. The Morgan fingerprint density at radius 2 is 2.29 bits per heavy atom. The lowest BCUT2D eigenvalue weighted by Gasteiger charge is -2.43. The van der Waals surface area contributed by atoms with Gasteiger partial charge in [-0.3, -0.25) is 9.89 Å². The van der Waals surface area contributed by atoms with Crippen LogP contribution >= 0.6 is 11.3 Å². The molecule has 6 heteroatoms. The number of fused-ring (bicyclic) bond motifs is 2. The summed E-state index contributed by atoms with van der Waals surface area (Å²) in [5.41, 5.74) is 2.84. The Morgan fingerprint density at radius 3 is 3.08 bits per heavy atom. The number of aromatic nitrogens is 2. The number of rotatable bonds is 3. The normalized spacial score (nSPS) is 19.5. The topological polar surface area (TPSA) is 58.2 Å². The van der Waals surface area contributed by atoms with E-state index in [1.54, 1.807) is 11.3 Å². The number of hydrogen-bond acceptors (Lipinski definition) is 4. The molecule has 4 rings (SSSR count). The molecule has 2 aliphatic heterocycles. The number of thiophene rings is 1. The number of aromatic amines is 1. The molecule has 0 unspecified atom stereocenters. The highest BCUT2D eigenvalue weighted by atomic mass is 32.1. The van der Waals surface area contributed by atoms with Crippen molar-refractivity contribution in [3.8, 4) is 0 Å². The lowest BCUT2D eigenvalue weighted by Crippen LogP contribution is -2.48. The first-order chi connectivity index (χ1) is 11.7. The third-order valence-electron chi connectivity index (χ3n) is 5.14. The minimum atomic E-state index is -0.169. The maximum absolute atomic E-state index is 12.7. The van der Waals surface area contributed by atoms with Crippen molar-refractivity contribution < 1.29 is 9.53 Å². The van der Waals surface area contributed by atoms with Crippen LogP contribution in [0.3, 0.4) is 0 Å². The molecular weight excluding hydrogens is 322 g/mol. The van der Waals surface area contributed by atoms with Crippen LogP contribution in [-0.2, 0) is 23.2 Å². The summed E-state index contributed by atoms with van der Waals surface area (Å²) in [6.07, 6.45) is 4.73. The van der Waals surface area contributed by atoms with Crippen molar-refractivity contribution in [2.24, 2.45) is 0 Å². The summed E-state index contributed by atoms with van der Waals surface area (Å²) in [7, 11) is 0. The zero-order chi connectivity index (χ0) is 16.6. The van der Waals surface area contributed by atoms with E-state index in [2.05, 4.69) is 28.6 Å². The van der Waals surface area contributed by atoms with Crippen molar-refractivity contribution in [3.63, 3.8) is 0 Å². The SMILES string of the molecule is CCCc1cc(C(=O)N2CCC3(CC2)OCCc2ccsc23)n[nH]1. The molecule has 0 aromatic carbocycles. The van der Waals surface area contributed by atoms with Crippen molar-refractivity contribution in [3.05, 3.63) is 39.3 Å². The van der Waals surface area contributed by atoms with Gasteiger partial charge in [0.25, 0.3) is 5.91 Å². The molecule has 0 atom stereocenters. The van der Waals surface area contributed by atoms with Crippen molar-refractivity contribution in [2.45, 2.75) is 44.6 Å². The third-order valence-corrected chi connectivity index (χ3v) is 6.28. The highest BCUT2D eigenvalue weighted by Gasteiger charge is 2.42. The molecule has 1 N–H and O–H groups in total. The fourth-order valence-electron chi connectivity index (χ4n) is 3.83. The van der Waals surface area contributed by atoms with Gasteiger partial charge in [0.1, 0.15) is 11.3 Å². The van der Waals surface area contributed by atoms with Gasteiger partial charge < -0.3 is 9.64 Å². The fourth-order valence-corrected chi connectivity index (χ4v) is 5.00. The predicted molar refractivity (Wildman–Crippen MR) is 93.4 cm³/mol. The number of hydrogen-bond donors (Lipinski definition) is 1. The molecule has 2 aromatic heterocycles. The summed E-state index contributed by atoms with van der Waals surface area (Å²) in [6, 6.07) is 4.12. The molecule has 2 aliphatic rings. The van der Waals surface area contributed by atoms with E-state index >= 15 is 0 Å². The first kappa shape index (κ1) is 15.8. The maximum Gasteiger partial charge on any atom is 0.274 e. The number of piperidine rings is 1. The van der Waals surface area contributed by atoms with Crippen LogP contribution in [-0.4, -0.2) is 40.7 Å². The van der Waals surface area contributed by atoms with E-state index < -0.39 is 0 Å². The molecule has 4 heterocycles. The Balaban J connectivity index is 1.46. The monoisotopic (exact) mass is 345 g/mol. The second-order valence-corrected chi connectivity index (χ2v) is 7.60. The zero-order valence-corrected chi connectivity index (χ0v) is 14.8. The van der Waals surface area contributed by atoms with Crippen LogP contribution in [0.15, 0.2) is 17.5 Å². The number of amides is 1. The summed E-state index contributed by atoms with van der Waals surface area (Å²) in [4.78, 5) is 16.0. The van der Waals surface area contributed by atoms with Crippen molar-refractivity contribution in [1.29, 1.82) is 0 Å². The van der Waals surface area contributed by atoms with Crippen molar-refractivity contribution in [2.75, 3.05) is 19.7 Å². The number of likely N-dealkylation sites (tertiary alicyclic amines) is 1. The molecule has 0 bridgehead atoms. The van der Waals surface area contributed by atoms with E-state index in [0.29, 0.717) is 5.69 Å². The van der Waals surface area contributed by atoms with E-state index in [0.717, 1.165) is 57.5 Å². The van der Waals surface area contributed by atoms with Gasteiger partial charge in [-0.15, -0.1) is 11.3 Å². The van der Waals surface area contributed by atoms with Crippen LogP contribution in [0, 0.1) is 0 Å². The molecule has 0 saturated carbocycles. The maximum atomic E-state index is 12.7. The minimum Gasteiger partial charge on any atom is -0.369 e. The van der Waals surface area contributed by atoms with E-state index in [-0.39, 0.29) is 11.5 Å². The summed E-state index contributed by atoms with van der Waals surface area (Å²) in [5, 5.41) is 9.33. The van der Waals surface area contributed by atoms with Gasteiger partial charge in [0.2, 0.25) is 0 Å². The van der Waals surface area contributed by atoms with Crippen molar-refractivity contribution in [1.82, 2.24) is 15.1 Å². The predicted octanol–water partition coefficient (Wildman–Crippen LogP) is 3.13. The minimum absolute atomic E-state index is 0.0330. The number of aryl methyl sites for hydroxylation is 1. The van der Waals surface area contributed by atoms with Gasteiger partial charge in [0.15, 0.2) is 0 Å². The van der Waals surface area contributed by atoms with Crippen LogP contribution in [0.4, 0.5) is 0 Å². The van der Waals surface area contributed by atoms with Gasteiger partial charge in [-0.1, -0.05) is 13.3 Å². The number of nitrogens with one attached hydrogen (secondary N) is 1. The Morgan fingerprint density at radius 1 is 1.46 bits per heavy atom. The Labute approximate surface area is 146 Å². The molecule has 24 heavy (non-hydrogen) atoms. The van der Waals surface area contributed by atoms with Gasteiger partial charge in [-0.2, -0.15) is 5.10 Å². The third kappa shape index (κ3) is 2.67. The van der Waals surface area contributed by atoms with Crippen LogP contribution in [0.2, 0.25) is 0 Å².